The zero-order valence-corrected chi connectivity index (χ0v) is 12.4. The van der Waals surface area contributed by atoms with Crippen LogP contribution in [-0.2, 0) is 11.2 Å². The zero-order chi connectivity index (χ0) is 13.0. The van der Waals surface area contributed by atoms with Crippen molar-refractivity contribution in [1.29, 1.82) is 0 Å². The molecule has 0 amide bonds. The molecule has 1 aromatic carbocycles. The second kappa shape index (κ2) is 6.36. The van der Waals surface area contributed by atoms with E-state index in [0.717, 1.165) is 28.4 Å². The van der Waals surface area contributed by atoms with Gasteiger partial charge in [0.2, 0.25) is 0 Å². The third-order valence-corrected chi connectivity index (χ3v) is 4.03. The monoisotopic (exact) mass is 356 g/mol. The molecule has 0 atom stereocenters. The quantitative estimate of drug-likeness (QED) is 0.764. The summed E-state index contributed by atoms with van der Waals surface area (Å²) in [7, 11) is 0. The summed E-state index contributed by atoms with van der Waals surface area (Å²) in [6.45, 7) is 0. The minimum absolute atomic E-state index is 0.542. The molecule has 18 heavy (non-hydrogen) atoms. The molecule has 0 radical (unpaired) electrons. The fraction of sp³-hybridized carbons (Fsp3) is 0.400. The molecule has 2 rings (SSSR count). The van der Waals surface area contributed by atoms with E-state index in [2.05, 4.69) is 40.8 Å². The van der Waals surface area contributed by atoms with Gasteiger partial charge in [0, 0.05) is 9.14 Å². The van der Waals surface area contributed by atoms with E-state index in [1.165, 1.54) is 18.4 Å². The highest BCUT2D eigenvalue weighted by Gasteiger charge is 2.11. The fourth-order valence-corrected chi connectivity index (χ4v) is 2.86. The highest BCUT2D eigenvalue weighted by molar-refractivity contribution is 14.1. The summed E-state index contributed by atoms with van der Waals surface area (Å²) in [5.74, 6) is -0.777. The van der Waals surface area contributed by atoms with E-state index in [1.807, 2.05) is 6.08 Å². The number of halogens is 1. The Bertz CT molecular complexity index is 477. The van der Waals surface area contributed by atoms with Crippen LogP contribution in [-0.4, -0.2) is 11.1 Å². The van der Waals surface area contributed by atoms with Crippen LogP contribution in [0.3, 0.4) is 0 Å². The van der Waals surface area contributed by atoms with Crippen molar-refractivity contribution < 1.29 is 9.90 Å². The maximum atomic E-state index is 11.2. The van der Waals surface area contributed by atoms with Crippen molar-refractivity contribution in [3.63, 3.8) is 0 Å². The van der Waals surface area contributed by atoms with Crippen molar-refractivity contribution in [2.45, 2.75) is 38.5 Å². The molecule has 0 unspecified atom stereocenters. The Kier molecular flexibility index (Phi) is 4.80. The van der Waals surface area contributed by atoms with Crippen LogP contribution >= 0.6 is 22.6 Å². The van der Waals surface area contributed by atoms with E-state index in [0.29, 0.717) is 12.0 Å². The smallest absolute Gasteiger partial charge is 0.331 e. The average Bonchev–Trinajstić information content (AvgIpc) is 2.34. The first-order valence-electron chi connectivity index (χ1n) is 6.39. The van der Waals surface area contributed by atoms with Crippen LogP contribution in [0.15, 0.2) is 23.8 Å². The molecule has 1 N–H and O–H groups in total. The summed E-state index contributed by atoms with van der Waals surface area (Å²) in [6.07, 6.45) is 8.10. The van der Waals surface area contributed by atoms with Gasteiger partial charge >= 0.3 is 5.97 Å². The lowest BCUT2D eigenvalue weighted by Gasteiger charge is -2.11. The second-order valence-corrected chi connectivity index (χ2v) is 5.98. The Morgan fingerprint density at radius 3 is 2.56 bits per heavy atom. The van der Waals surface area contributed by atoms with E-state index < -0.39 is 5.97 Å². The van der Waals surface area contributed by atoms with E-state index in [9.17, 15) is 9.90 Å². The zero-order valence-electron chi connectivity index (χ0n) is 10.3. The molecule has 96 valence electrons. The van der Waals surface area contributed by atoms with Crippen LogP contribution in [0.25, 0.3) is 6.08 Å². The van der Waals surface area contributed by atoms with Gasteiger partial charge in [-0.2, -0.15) is 0 Å². The molecular formula is C15H17IO2. The van der Waals surface area contributed by atoms with Crippen molar-refractivity contribution in [3.05, 3.63) is 38.5 Å². The third kappa shape index (κ3) is 3.57. The van der Waals surface area contributed by atoms with Gasteiger partial charge in [-0.25, -0.2) is 4.79 Å². The van der Waals surface area contributed by atoms with Crippen molar-refractivity contribution in [2.75, 3.05) is 0 Å². The SMILES string of the molecule is O=C(O)/C1=C/c2cc(I)ccc2CCCCCC1. The number of carbonyl (C=O) groups is 1. The minimum atomic E-state index is -0.777. The summed E-state index contributed by atoms with van der Waals surface area (Å²) < 4.78 is 1.16. The number of fused-ring (bicyclic) bond motifs is 1. The number of hydrogen-bond acceptors (Lipinski definition) is 1. The normalized spacial score (nSPS) is 19.5. The average molecular weight is 356 g/mol. The van der Waals surface area contributed by atoms with Gasteiger partial charge in [0.15, 0.2) is 0 Å². The number of aryl methyl sites for hydroxylation is 1. The van der Waals surface area contributed by atoms with Crippen molar-refractivity contribution >= 4 is 34.6 Å². The molecule has 0 saturated carbocycles. The lowest BCUT2D eigenvalue weighted by atomic mass is 9.95. The fourth-order valence-electron chi connectivity index (χ4n) is 2.34. The van der Waals surface area contributed by atoms with Crippen LogP contribution in [0.4, 0.5) is 0 Å². The maximum absolute atomic E-state index is 11.2. The summed E-state index contributed by atoms with van der Waals surface area (Å²) in [6, 6.07) is 6.31. The number of hydrogen-bond donors (Lipinski definition) is 1. The van der Waals surface area contributed by atoms with Gasteiger partial charge in [-0.1, -0.05) is 18.9 Å². The van der Waals surface area contributed by atoms with Crippen LogP contribution < -0.4 is 0 Å². The predicted molar refractivity (Wildman–Crippen MR) is 81.6 cm³/mol. The minimum Gasteiger partial charge on any atom is -0.478 e. The molecule has 0 bridgehead atoms. The van der Waals surface area contributed by atoms with Gasteiger partial charge in [0.1, 0.15) is 0 Å². The molecular weight excluding hydrogens is 339 g/mol. The summed E-state index contributed by atoms with van der Waals surface area (Å²) in [5, 5.41) is 9.24. The number of benzene rings is 1. The van der Waals surface area contributed by atoms with Gasteiger partial charge in [0.25, 0.3) is 0 Å². The highest BCUT2D eigenvalue weighted by Crippen LogP contribution is 2.23. The Morgan fingerprint density at radius 2 is 1.83 bits per heavy atom. The Labute approximate surface area is 121 Å². The molecule has 0 heterocycles. The lowest BCUT2D eigenvalue weighted by Crippen LogP contribution is -2.03. The predicted octanol–water partition coefficient (Wildman–Crippen LogP) is 4.27. The summed E-state index contributed by atoms with van der Waals surface area (Å²) in [4.78, 5) is 11.2. The lowest BCUT2D eigenvalue weighted by molar-refractivity contribution is -0.132. The van der Waals surface area contributed by atoms with Crippen LogP contribution in [0, 0.1) is 3.57 Å². The van der Waals surface area contributed by atoms with Crippen LogP contribution in [0.2, 0.25) is 0 Å². The molecule has 0 spiro atoms. The Morgan fingerprint density at radius 1 is 1.11 bits per heavy atom. The maximum Gasteiger partial charge on any atom is 0.331 e. The molecule has 0 saturated heterocycles. The molecule has 1 aromatic rings. The molecule has 3 heteroatoms. The van der Waals surface area contributed by atoms with E-state index in [-0.39, 0.29) is 0 Å². The number of carboxylic acids is 1. The number of carboxylic acid groups (broad SMARTS) is 1. The first kappa shape index (κ1) is 13.6. The molecule has 1 aliphatic carbocycles. The van der Waals surface area contributed by atoms with Crippen LogP contribution in [0.5, 0.6) is 0 Å². The van der Waals surface area contributed by atoms with Gasteiger partial charge in [-0.15, -0.1) is 0 Å². The van der Waals surface area contributed by atoms with Crippen molar-refractivity contribution in [3.8, 4) is 0 Å². The van der Waals surface area contributed by atoms with Crippen molar-refractivity contribution in [2.24, 2.45) is 0 Å². The molecule has 0 aromatic heterocycles. The summed E-state index contributed by atoms with van der Waals surface area (Å²) in [5.41, 5.74) is 2.90. The van der Waals surface area contributed by atoms with Crippen LogP contribution in [0.1, 0.15) is 43.2 Å². The largest absolute Gasteiger partial charge is 0.478 e. The first-order valence-corrected chi connectivity index (χ1v) is 7.47. The Balaban J connectivity index is 2.42. The van der Waals surface area contributed by atoms with E-state index in [1.54, 1.807) is 0 Å². The molecule has 2 nitrogen and oxygen atoms in total. The van der Waals surface area contributed by atoms with Gasteiger partial charge in [-0.3, -0.25) is 0 Å². The molecule has 1 aliphatic rings. The summed E-state index contributed by atoms with van der Waals surface area (Å²) >= 11 is 2.27. The molecule has 0 fully saturated rings. The highest BCUT2D eigenvalue weighted by atomic mass is 127. The third-order valence-electron chi connectivity index (χ3n) is 3.35. The van der Waals surface area contributed by atoms with Gasteiger partial charge in [0.05, 0.1) is 0 Å². The number of aliphatic carboxylic acids is 1. The molecule has 0 aliphatic heterocycles. The topological polar surface area (TPSA) is 37.3 Å². The van der Waals surface area contributed by atoms with Gasteiger partial charge < -0.3 is 5.11 Å². The Hall–Kier alpha value is -0.840. The standard InChI is InChI=1S/C15H17IO2/c16-14-8-7-11-5-3-1-2-4-6-12(15(17)18)9-13(11)10-14/h7-10H,1-6H2,(H,17,18)/b12-9+. The van der Waals surface area contributed by atoms with E-state index in [4.69, 9.17) is 0 Å². The first-order chi connectivity index (χ1) is 8.66. The van der Waals surface area contributed by atoms with Crippen molar-refractivity contribution in [1.82, 2.24) is 0 Å². The number of rotatable bonds is 1. The second-order valence-electron chi connectivity index (χ2n) is 4.73. The van der Waals surface area contributed by atoms with Gasteiger partial charge in [-0.05, 0) is 77.6 Å². The van der Waals surface area contributed by atoms with E-state index >= 15 is 0 Å².